The first-order valence-corrected chi connectivity index (χ1v) is 9.63. The Hall–Kier alpha value is -3.47. The Balaban J connectivity index is 1.49. The standard InChI is InChI=1S/C24H22FN3O/c1-17(19-5-3-2-4-6-19)14-26-24(29)20-9-10-21-15-27-28(23(21)13-20)16-18-7-11-22(25)12-8-18/h2-13,15,17H,14,16H2,1H3,(H,26,29)/t17-/m1/s1. The first kappa shape index (κ1) is 18.9. The third-order valence-electron chi connectivity index (χ3n) is 5.09. The molecule has 1 N–H and O–H groups in total. The number of hydrogen-bond acceptors (Lipinski definition) is 2. The van der Waals surface area contributed by atoms with Crippen LogP contribution in [0.15, 0.2) is 79.0 Å². The van der Waals surface area contributed by atoms with Crippen molar-refractivity contribution < 1.29 is 9.18 Å². The van der Waals surface area contributed by atoms with Crippen molar-refractivity contribution in [2.24, 2.45) is 0 Å². The maximum atomic E-state index is 13.1. The Kier molecular flexibility index (Phi) is 5.38. The van der Waals surface area contributed by atoms with Gasteiger partial charge in [-0.1, -0.05) is 55.5 Å². The molecule has 0 fully saturated rings. The minimum Gasteiger partial charge on any atom is -0.351 e. The molecule has 29 heavy (non-hydrogen) atoms. The highest BCUT2D eigenvalue weighted by Gasteiger charge is 2.12. The third-order valence-corrected chi connectivity index (χ3v) is 5.09. The van der Waals surface area contributed by atoms with E-state index in [-0.39, 0.29) is 17.6 Å². The van der Waals surface area contributed by atoms with E-state index in [0.717, 1.165) is 16.5 Å². The maximum absolute atomic E-state index is 13.1. The van der Waals surface area contributed by atoms with E-state index in [9.17, 15) is 9.18 Å². The lowest BCUT2D eigenvalue weighted by Crippen LogP contribution is -2.27. The van der Waals surface area contributed by atoms with Gasteiger partial charge in [0.1, 0.15) is 5.82 Å². The van der Waals surface area contributed by atoms with Gasteiger partial charge >= 0.3 is 0 Å². The molecule has 1 aromatic heterocycles. The van der Waals surface area contributed by atoms with Gasteiger partial charge in [0, 0.05) is 17.5 Å². The average molecular weight is 387 g/mol. The number of halogens is 1. The number of fused-ring (bicyclic) bond motifs is 1. The van der Waals surface area contributed by atoms with Gasteiger partial charge in [-0.05, 0) is 41.3 Å². The molecule has 0 aliphatic carbocycles. The van der Waals surface area contributed by atoms with Crippen molar-refractivity contribution in [3.8, 4) is 0 Å². The van der Waals surface area contributed by atoms with Gasteiger partial charge in [0.05, 0.1) is 18.3 Å². The molecule has 5 heteroatoms. The molecule has 0 aliphatic rings. The van der Waals surface area contributed by atoms with Crippen LogP contribution in [0.4, 0.5) is 4.39 Å². The number of amides is 1. The van der Waals surface area contributed by atoms with Gasteiger partial charge in [-0.2, -0.15) is 5.10 Å². The summed E-state index contributed by atoms with van der Waals surface area (Å²) in [4.78, 5) is 12.7. The van der Waals surface area contributed by atoms with Crippen molar-refractivity contribution in [2.75, 3.05) is 6.54 Å². The van der Waals surface area contributed by atoms with Crippen LogP contribution in [0.2, 0.25) is 0 Å². The predicted molar refractivity (Wildman–Crippen MR) is 112 cm³/mol. The molecule has 4 rings (SSSR count). The topological polar surface area (TPSA) is 46.9 Å². The van der Waals surface area contributed by atoms with Gasteiger partial charge in [0.15, 0.2) is 0 Å². The number of hydrogen-bond donors (Lipinski definition) is 1. The molecule has 146 valence electrons. The minimum atomic E-state index is -0.261. The molecule has 1 heterocycles. The summed E-state index contributed by atoms with van der Waals surface area (Å²) in [6.45, 7) is 3.17. The maximum Gasteiger partial charge on any atom is 0.251 e. The van der Waals surface area contributed by atoms with Crippen LogP contribution < -0.4 is 5.32 Å². The molecule has 0 saturated heterocycles. The Morgan fingerprint density at radius 3 is 2.59 bits per heavy atom. The van der Waals surface area contributed by atoms with Gasteiger partial charge in [-0.15, -0.1) is 0 Å². The smallest absolute Gasteiger partial charge is 0.251 e. The van der Waals surface area contributed by atoms with E-state index in [2.05, 4.69) is 29.5 Å². The lowest BCUT2D eigenvalue weighted by atomic mass is 10.0. The Morgan fingerprint density at radius 2 is 1.83 bits per heavy atom. The van der Waals surface area contributed by atoms with Crippen molar-refractivity contribution >= 4 is 16.8 Å². The van der Waals surface area contributed by atoms with Crippen molar-refractivity contribution in [1.82, 2.24) is 15.1 Å². The summed E-state index contributed by atoms with van der Waals surface area (Å²) < 4.78 is 15.0. The third kappa shape index (κ3) is 4.35. The van der Waals surface area contributed by atoms with Crippen LogP contribution in [0.3, 0.4) is 0 Å². The van der Waals surface area contributed by atoms with E-state index < -0.39 is 0 Å². The number of nitrogens with zero attached hydrogens (tertiary/aromatic N) is 2. The summed E-state index contributed by atoms with van der Waals surface area (Å²) in [5, 5.41) is 8.40. The molecule has 0 saturated carbocycles. The SMILES string of the molecule is C[C@H](CNC(=O)c1ccc2cnn(Cc3ccc(F)cc3)c2c1)c1ccccc1. The molecule has 0 radical (unpaired) electrons. The highest BCUT2D eigenvalue weighted by atomic mass is 19.1. The lowest BCUT2D eigenvalue weighted by molar-refractivity contribution is 0.0952. The number of carbonyl (C=O) groups is 1. The fraction of sp³-hybridized carbons (Fsp3) is 0.167. The van der Waals surface area contributed by atoms with Crippen LogP contribution in [0.1, 0.15) is 34.3 Å². The fourth-order valence-electron chi connectivity index (χ4n) is 3.35. The number of nitrogens with one attached hydrogen (secondary N) is 1. The van der Waals surface area contributed by atoms with Crippen LogP contribution in [-0.2, 0) is 6.54 Å². The highest BCUT2D eigenvalue weighted by Crippen LogP contribution is 2.18. The zero-order chi connectivity index (χ0) is 20.2. The molecular weight excluding hydrogens is 365 g/mol. The second-order valence-electron chi connectivity index (χ2n) is 7.22. The summed E-state index contributed by atoms with van der Waals surface area (Å²) in [6, 6.07) is 22.1. The quantitative estimate of drug-likeness (QED) is 0.519. The fourth-order valence-corrected chi connectivity index (χ4v) is 3.35. The summed E-state index contributed by atoms with van der Waals surface area (Å²) >= 11 is 0. The minimum absolute atomic E-state index is 0.107. The molecule has 0 unspecified atom stereocenters. The number of benzene rings is 3. The van der Waals surface area contributed by atoms with Crippen molar-refractivity contribution in [3.63, 3.8) is 0 Å². The van der Waals surface area contributed by atoms with Crippen LogP contribution in [0, 0.1) is 5.82 Å². The van der Waals surface area contributed by atoms with Crippen molar-refractivity contribution in [2.45, 2.75) is 19.4 Å². The van der Waals surface area contributed by atoms with Crippen molar-refractivity contribution in [3.05, 3.63) is 102 Å². The first-order valence-electron chi connectivity index (χ1n) is 9.63. The first-order chi connectivity index (χ1) is 14.1. The van der Waals surface area contributed by atoms with Gasteiger partial charge < -0.3 is 5.32 Å². The monoisotopic (exact) mass is 387 g/mol. The number of rotatable bonds is 6. The van der Waals surface area contributed by atoms with Gasteiger partial charge in [-0.3, -0.25) is 9.48 Å². The molecule has 0 spiro atoms. The van der Waals surface area contributed by atoms with E-state index in [1.807, 2.05) is 41.1 Å². The van der Waals surface area contributed by atoms with Crippen LogP contribution >= 0.6 is 0 Å². The Labute approximate surface area is 169 Å². The van der Waals surface area contributed by atoms with Crippen LogP contribution in [0.25, 0.3) is 10.9 Å². The predicted octanol–water partition coefficient (Wildman–Crippen LogP) is 4.76. The van der Waals surface area contributed by atoms with Crippen LogP contribution in [-0.4, -0.2) is 22.2 Å². The zero-order valence-electron chi connectivity index (χ0n) is 16.2. The van der Waals surface area contributed by atoms with Gasteiger partial charge in [0.25, 0.3) is 5.91 Å². The average Bonchev–Trinajstić information content (AvgIpc) is 3.16. The molecular formula is C24H22FN3O. The zero-order valence-corrected chi connectivity index (χ0v) is 16.2. The second-order valence-corrected chi connectivity index (χ2v) is 7.22. The lowest BCUT2D eigenvalue weighted by Gasteiger charge is -2.13. The van der Waals surface area contributed by atoms with Gasteiger partial charge in [0.2, 0.25) is 0 Å². The molecule has 0 aliphatic heterocycles. The largest absolute Gasteiger partial charge is 0.351 e. The summed E-state index contributed by atoms with van der Waals surface area (Å²) in [7, 11) is 0. The number of aromatic nitrogens is 2. The molecule has 1 atom stereocenters. The Bertz CT molecular complexity index is 1120. The summed E-state index contributed by atoms with van der Waals surface area (Å²) in [5.41, 5.74) is 3.61. The molecule has 4 nitrogen and oxygen atoms in total. The summed E-state index contributed by atoms with van der Waals surface area (Å²) in [6.07, 6.45) is 1.78. The molecule has 0 bridgehead atoms. The Morgan fingerprint density at radius 1 is 1.07 bits per heavy atom. The normalized spacial score (nSPS) is 12.1. The number of carbonyl (C=O) groups excluding carboxylic acids is 1. The summed E-state index contributed by atoms with van der Waals surface area (Å²) in [5.74, 6) is -0.139. The molecule has 4 aromatic rings. The highest BCUT2D eigenvalue weighted by molar-refractivity contribution is 5.97. The second kappa shape index (κ2) is 8.27. The molecule has 3 aromatic carbocycles. The van der Waals surface area contributed by atoms with Crippen LogP contribution in [0.5, 0.6) is 0 Å². The van der Waals surface area contributed by atoms with E-state index >= 15 is 0 Å². The van der Waals surface area contributed by atoms with E-state index in [4.69, 9.17) is 0 Å². The van der Waals surface area contributed by atoms with E-state index in [0.29, 0.717) is 18.7 Å². The van der Waals surface area contributed by atoms with Gasteiger partial charge in [-0.25, -0.2) is 4.39 Å². The van der Waals surface area contributed by atoms with Crippen molar-refractivity contribution in [1.29, 1.82) is 0 Å². The molecule has 1 amide bonds. The van der Waals surface area contributed by atoms with E-state index in [1.165, 1.54) is 17.7 Å². The van der Waals surface area contributed by atoms with E-state index in [1.54, 1.807) is 18.3 Å².